The average Bonchev–Trinajstić information content (AvgIpc) is 2.75. The van der Waals surface area contributed by atoms with E-state index in [1.165, 1.54) is 23.0 Å². The van der Waals surface area contributed by atoms with Crippen LogP contribution in [0.1, 0.15) is 35.0 Å². The summed E-state index contributed by atoms with van der Waals surface area (Å²) in [6.07, 6.45) is 2.45. The summed E-state index contributed by atoms with van der Waals surface area (Å²) in [6, 6.07) is 24.4. The smallest absolute Gasteiger partial charge is 0.263 e. The molecule has 0 bridgehead atoms. The van der Waals surface area contributed by atoms with Crippen LogP contribution in [0.15, 0.2) is 83.7 Å². The standard InChI is InChI=1S/C17H13ClN2O2.C9H12/c1-10-15(16(19)21)13-7-2-3-8-14(13)17(22)20(10)12-6-4-5-11(18)9-12;1-2-6-9-7-4-3-5-8-9/h2-9H,1H3,(H2,19,21);3-5,7-8H,2,6H2,1H3. The fraction of sp³-hybridized carbons (Fsp3) is 0.154. The first-order valence-electron chi connectivity index (χ1n) is 10.2. The molecule has 158 valence electrons. The molecule has 4 nitrogen and oxygen atoms in total. The topological polar surface area (TPSA) is 65.1 Å². The zero-order valence-electron chi connectivity index (χ0n) is 17.6. The van der Waals surface area contributed by atoms with Crippen molar-refractivity contribution in [1.29, 1.82) is 0 Å². The minimum absolute atomic E-state index is 0.208. The number of carbonyl (C=O) groups excluding carboxylic acids is 1. The minimum atomic E-state index is -0.565. The van der Waals surface area contributed by atoms with Gasteiger partial charge in [0, 0.05) is 21.5 Å². The number of aryl methyl sites for hydroxylation is 1. The van der Waals surface area contributed by atoms with Crippen molar-refractivity contribution in [1.82, 2.24) is 4.57 Å². The van der Waals surface area contributed by atoms with E-state index in [4.69, 9.17) is 17.3 Å². The molecular formula is C26H25ClN2O2. The molecule has 4 aromatic rings. The molecule has 5 heteroatoms. The zero-order chi connectivity index (χ0) is 22.4. The molecule has 0 saturated heterocycles. The van der Waals surface area contributed by atoms with Gasteiger partial charge in [-0.25, -0.2) is 0 Å². The summed E-state index contributed by atoms with van der Waals surface area (Å²) in [4.78, 5) is 24.7. The van der Waals surface area contributed by atoms with Gasteiger partial charge >= 0.3 is 0 Å². The Morgan fingerprint density at radius 3 is 2.19 bits per heavy atom. The zero-order valence-corrected chi connectivity index (χ0v) is 18.4. The lowest BCUT2D eigenvalue weighted by Gasteiger charge is -2.15. The Balaban J connectivity index is 0.000000254. The number of primary amides is 1. The number of hydrogen-bond acceptors (Lipinski definition) is 2. The highest BCUT2D eigenvalue weighted by atomic mass is 35.5. The Kier molecular flexibility index (Phi) is 7.27. The first kappa shape index (κ1) is 22.3. The number of amides is 1. The monoisotopic (exact) mass is 432 g/mol. The summed E-state index contributed by atoms with van der Waals surface area (Å²) in [6.45, 7) is 3.90. The summed E-state index contributed by atoms with van der Waals surface area (Å²) in [5.74, 6) is -0.565. The number of rotatable bonds is 4. The van der Waals surface area contributed by atoms with Crippen molar-refractivity contribution >= 4 is 28.3 Å². The van der Waals surface area contributed by atoms with Gasteiger partial charge < -0.3 is 5.73 Å². The van der Waals surface area contributed by atoms with Crippen molar-refractivity contribution in [2.24, 2.45) is 5.73 Å². The van der Waals surface area contributed by atoms with Gasteiger partial charge in [-0.15, -0.1) is 0 Å². The first-order chi connectivity index (χ1) is 14.9. The summed E-state index contributed by atoms with van der Waals surface area (Å²) in [5, 5.41) is 1.52. The molecule has 1 aromatic heterocycles. The van der Waals surface area contributed by atoms with E-state index in [0.29, 0.717) is 32.7 Å². The molecule has 0 radical (unpaired) electrons. The van der Waals surface area contributed by atoms with E-state index in [2.05, 4.69) is 37.3 Å². The van der Waals surface area contributed by atoms with Crippen LogP contribution in [0.5, 0.6) is 0 Å². The first-order valence-corrected chi connectivity index (χ1v) is 10.6. The highest BCUT2D eigenvalue weighted by Gasteiger charge is 2.18. The van der Waals surface area contributed by atoms with E-state index in [1.807, 2.05) is 0 Å². The third-order valence-electron chi connectivity index (χ3n) is 5.02. The lowest BCUT2D eigenvalue weighted by Crippen LogP contribution is -2.26. The highest BCUT2D eigenvalue weighted by molar-refractivity contribution is 6.30. The Morgan fingerprint density at radius 1 is 0.935 bits per heavy atom. The number of carbonyl (C=O) groups is 1. The number of pyridine rings is 1. The molecule has 0 atom stereocenters. The SMILES string of the molecule is CCCc1ccccc1.Cc1c(C(N)=O)c2ccccc2c(=O)n1-c1cccc(Cl)c1. The molecule has 4 rings (SSSR count). The predicted molar refractivity (Wildman–Crippen MR) is 128 cm³/mol. The van der Waals surface area contributed by atoms with Crippen molar-refractivity contribution < 1.29 is 4.79 Å². The van der Waals surface area contributed by atoms with Crippen LogP contribution in [-0.4, -0.2) is 10.5 Å². The van der Waals surface area contributed by atoms with Crippen molar-refractivity contribution in [3.63, 3.8) is 0 Å². The van der Waals surface area contributed by atoms with E-state index in [-0.39, 0.29) is 5.56 Å². The highest BCUT2D eigenvalue weighted by Crippen LogP contribution is 2.22. The van der Waals surface area contributed by atoms with Gasteiger partial charge in [-0.2, -0.15) is 0 Å². The molecule has 0 aliphatic heterocycles. The summed E-state index contributed by atoms with van der Waals surface area (Å²) in [5.41, 5.74) is 8.21. The number of nitrogens with zero attached hydrogens (tertiary/aromatic N) is 1. The number of aromatic nitrogens is 1. The summed E-state index contributed by atoms with van der Waals surface area (Å²) < 4.78 is 1.47. The van der Waals surface area contributed by atoms with E-state index in [0.717, 1.165) is 0 Å². The molecule has 0 aliphatic carbocycles. The van der Waals surface area contributed by atoms with Crippen LogP contribution in [0.25, 0.3) is 16.5 Å². The largest absolute Gasteiger partial charge is 0.366 e. The molecule has 0 fully saturated rings. The maximum Gasteiger partial charge on any atom is 0.263 e. The van der Waals surface area contributed by atoms with Crippen molar-refractivity contribution in [3.05, 3.63) is 111 Å². The van der Waals surface area contributed by atoms with Gasteiger partial charge in [0.1, 0.15) is 0 Å². The van der Waals surface area contributed by atoms with Gasteiger partial charge in [0.25, 0.3) is 11.5 Å². The Bertz CT molecular complexity index is 1260. The normalized spacial score (nSPS) is 10.4. The predicted octanol–water partition coefficient (Wildman–Crippen LogP) is 5.69. The third kappa shape index (κ3) is 5.04. The number of nitrogens with two attached hydrogens (primary N) is 1. The second kappa shape index (κ2) is 10.1. The lowest BCUT2D eigenvalue weighted by molar-refractivity contribution is 0.100. The van der Waals surface area contributed by atoms with Crippen LogP contribution in [-0.2, 0) is 6.42 Å². The summed E-state index contributed by atoms with van der Waals surface area (Å²) >= 11 is 6.01. The van der Waals surface area contributed by atoms with Gasteiger partial charge in [-0.05, 0) is 43.2 Å². The molecular weight excluding hydrogens is 408 g/mol. The van der Waals surface area contributed by atoms with Gasteiger partial charge in [0.05, 0.1) is 11.3 Å². The fourth-order valence-corrected chi connectivity index (χ4v) is 3.82. The van der Waals surface area contributed by atoms with Crippen molar-refractivity contribution in [2.75, 3.05) is 0 Å². The second-order valence-electron chi connectivity index (χ2n) is 7.23. The van der Waals surface area contributed by atoms with E-state index >= 15 is 0 Å². The Labute approximate surface area is 186 Å². The number of benzene rings is 3. The van der Waals surface area contributed by atoms with Crippen LogP contribution in [0, 0.1) is 6.92 Å². The van der Waals surface area contributed by atoms with E-state index in [9.17, 15) is 9.59 Å². The third-order valence-corrected chi connectivity index (χ3v) is 5.26. The molecule has 2 N–H and O–H groups in total. The molecule has 1 amide bonds. The van der Waals surface area contributed by atoms with E-state index in [1.54, 1.807) is 55.5 Å². The van der Waals surface area contributed by atoms with Crippen LogP contribution in [0.4, 0.5) is 0 Å². The molecule has 0 aliphatic rings. The van der Waals surface area contributed by atoms with Crippen LogP contribution >= 0.6 is 11.6 Å². The second-order valence-corrected chi connectivity index (χ2v) is 7.66. The van der Waals surface area contributed by atoms with Crippen molar-refractivity contribution in [3.8, 4) is 5.69 Å². The number of hydrogen-bond donors (Lipinski definition) is 1. The fourth-order valence-electron chi connectivity index (χ4n) is 3.64. The van der Waals surface area contributed by atoms with Gasteiger partial charge in [-0.1, -0.05) is 79.5 Å². The number of halogens is 1. The van der Waals surface area contributed by atoms with Gasteiger partial charge in [-0.3, -0.25) is 14.2 Å². The summed E-state index contributed by atoms with van der Waals surface area (Å²) in [7, 11) is 0. The maximum atomic E-state index is 12.8. The van der Waals surface area contributed by atoms with Gasteiger partial charge in [0.15, 0.2) is 0 Å². The number of fused-ring (bicyclic) bond motifs is 1. The van der Waals surface area contributed by atoms with E-state index < -0.39 is 5.91 Å². The Hall–Kier alpha value is -3.37. The van der Waals surface area contributed by atoms with Crippen LogP contribution in [0.2, 0.25) is 5.02 Å². The quantitative estimate of drug-likeness (QED) is 0.450. The maximum absolute atomic E-state index is 12.8. The molecule has 0 saturated carbocycles. The molecule has 3 aromatic carbocycles. The molecule has 1 heterocycles. The van der Waals surface area contributed by atoms with Crippen molar-refractivity contribution in [2.45, 2.75) is 26.7 Å². The lowest BCUT2D eigenvalue weighted by atomic mass is 10.0. The molecule has 0 spiro atoms. The molecule has 0 unspecified atom stereocenters. The van der Waals surface area contributed by atoms with Crippen LogP contribution in [0.3, 0.4) is 0 Å². The van der Waals surface area contributed by atoms with Gasteiger partial charge in [0.2, 0.25) is 0 Å². The molecule has 31 heavy (non-hydrogen) atoms. The van der Waals surface area contributed by atoms with Crippen LogP contribution < -0.4 is 11.3 Å². The Morgan fingerprint density at radius 2 is 1.58 bits per heavy atom. The average molecular weight is 433 g/mol. The minimum Gasteiger partial charge on any atom is -0.366 e.